The topological polar surface area (TPSA) is 63.6 Å². The van der Waals surface area contributed by atoms with Crippen molar-refractivity contribution in [2.45, 2.75) is 26.2 Å². The van der Waals surface area contributed by atoms with Crippen LogP contribution < -0.4 is 4.74 Å². The monoisotopic (exact) mass is 256 g/mol. The Balaban J connectivity index is 2.45. The third-order valence-electron chi connectivity index (χ3n) is 2.13. The lowest BCUT2D eigenvalue weighted by Gasteiger charge is -2.05. The molecule has 0 saturated carbocycles. The molecule has 0 amide bonds. The van der Waals surface area contributed by atoms with Gasteiger partial charge in [0.2, 0.25) is 0 Å². The number of carbonyl (C=O) groups is 2. The normalized spacial score (nSPS) is 10.0. The predicted molar refractivity (Wildman–Crippen MR) is 63.3 cm³/mol. The number of aliphatic carboxylic acids is 1. The summed E-state index contributed by atoms with van der Waals surface area (Å²) in [5, 5.41) is 9.02. The Kier molecular flexibility index (Phi) is 4.97. The van der Waals surface area contributed by atoms with E-state index in [0.717, 1.165) is 5.56 Å². The van der Waals surface area contributed by atoms with E-state index in [1.165, 1.54) is 0 Å². The second-order valence-electron chi connectivity index (χ2n) is 3.63. The van der Waals surface area contributed by atoms with Gasteiger partial charge in [0, 0.05) is 17.9 Å². The second-order valence-corrected chi connectivity index (χ2v) is 4.04. The molecule has 0 heterocycles. The zero-order valence-corrected chi connectivity index (χ0v) is 10.2. The van der Waals surface area contributed by atoms with Crippen LogP contribution in [0.1, 0.15) is 24.8 Å². The molecule has 92 valence electrons. The number of carboxylic acids is 1. The number of ether oxygens (including phenoxy) is 1. The van der Waals surface area contributed by atoms with E-state index in [2.05, 4.69) is 0 Å². The van der Waals surface area contributed by atoms with Gasteiger partial charge in [-0.25, -0.2) is 0 Å². The molecule has 0 spiro atoms. The fourth-order valence-corrected chi connectivity index (χ4v) is 1.36. The van der Waals surface area contributed by atoms with Gasteiger partial charge in [-0.3, -0.25) is 9.59 Å². The van der Waals surface area contributed by atoms with E-state index in [-0.39, 0.29) is 19.3 Å². The summed E-state index contributed by atoms with van der Waals surface area (Å²) < 4.78 is 5.04. The summed E-state index contributed by atoms with van der Waals surface area (Å²) in [6.45, 7) is 1.81. The highest BCUT2D eigenvalue weighted by Gasteiger charge is 2.07. The van der Waals surface area contributed by atoms with Gasteiger partial charge in [-0.05, 0) is 37.1 Å². The first-order chi connectivity index (χ1) is 7.99. The van der Waals surface area contributed by atoms with Crippen LogP contribution in [0.2, 0.25) is 5.02 Å². The van der Waals surface area contributed by atoms with Crippen LogP contribution in [0.4, 0.5) is 0 Å². The van der Waals surface area contributed by atoms with E-state index in [4.69, 9.17) is 21.4 Å². The highest BCUT2D eigenvalue weighted by Crippen LogP contribution is 2.21. The average molecular weight is 257 g/mol. The Bertz CT molecular complexity index is 429. The van der Waals surface area contributed by atoms with Crippen molar-refractivity contribution in [2.75, 3.05) is 0 Å². The molecule has 0 bridgehead atoms. The Morgan fingerprint density at radius 2 is 2.06 bits per heavy atom. The number of rotatable bonds is 5. The number of carboxylic acid groups (broad SMARTS) is 1. The van der Waals surface area contributed by atoms with Crippen molar-refractivity contribution in [3.8, 4) is 5.75 Å². The average Bonchev–Trinajstić information content (AvgIpc) is 2.23. The fourth-order valence-electron chi connectivity index (χ4n) is 1.25. The number of aryl methyl sites for hydroxylation is 1. The molecule has 1 aromatic rings. The molecule has 0 aliphatic carbocycles. The molecule has 0 saturated heterocycles. The molecule has 1 aromatic carbocycles. The maximum atomic E-state index is 11.3. The summed E-state index contributed by atoms with van der Waals surface area (Å²) in [5.74, 6) is -0.930. The second kappa shape index (κ2) is 6.25. The summed E-state index contributed by atoms with van der Waals surface area (Å²) in [4.78, 5) is 21.6. The van der Waals surface area contributed by atoms with E-state index in [1.807, 2.05) is 6.92 Å². The molecule has 0 aliphatic rings. The fraction of sp³-hybridized carbons (Fsp3) is 0.333. The highest BCUT2D eigenvalue weighted by molar-refractivity contribution is 6.31. The Morgan fingerprint density at radius 1 is 1.35 bits per heavy atom. The van der Waals surface area contributed by atoms with Crippen LogP contribution in [0.25, 0.3) is 0 Å². The largest absolute Gasteiger partial charge is 0.481 e. The lowest BCUT2D eigenvalue weighted by molar-refractivity contribution is -0.137. The maximum Gasteiger partial charge on any atom is 0.311 e. The molecule has 0 unspecified atom stereocenters. The number of halogens is 1. The molecule has 17 heavy (non-hydrogen) atoms. The summed E-state index contributed by atoms with van der Waals surface area (Å²) in [5.41, 5.74) is 0.822. The minimum atomic E-state index is -0.917. The Labute approximate surface area is 104 Å². The van der Waals surface area contributed by atoms with Gasteiger partial charge in [0.15, 0.2) is 0 Å². The first-order valence-corrected chi connectivity index (χ1v) is 5.55. The lowest BCUT2D eigenvalue weighted by Crippen LogP contribution is -2.08. The van der Waals surface area contributed by atoms with Crippen LogP contribution in [0.15, 0.2) is 18.2 Å². The van der Waals surface area contributed by atoms with E-state index >= 15 is 0 Å². The van der Waals surface area contributed by atoms with Crippen molar-refractivity contribution in [1.82, 2.24) is 0 Å². The summed E-state index contributed by atoms with van der Waals surface area (Å²) >= 11 is 5.83. The number of carbonyl (C=O) groups excluding carboxylic acids is 1. The van der Waals surface area contributed by atoms with Crippen molar-refractivity contribution in [2.24, 2.45) is 0 Å². The maximum absolute atomic E-state index is 11.3. The van der Waals surface area contributed by atoms with E-state index < -0.39 is 11.9 Å². The third-order valence-corrected chi connectivity index (χ3v) is 2.56. The molecular weight excluding hydrogens is 244 g/mol. The molecule has 1 N–H and O–H groups in total. The number of benzene rings is 1. The molecule has 4 nitrogen and oxygen atoms in total. The van der Waals surface area contributed by atoms with Gasteiger partial charge >= 0.3 is 11.9 Å². The minimum absolute atomic E-state index is 0.0330. The summed E-state index contributed by atoms with van der Waals surface area (Å²) in [6.07, 6.45) is 0.337. The Hall–Kier alpha value is -1.55. The van der Waals surface area contributed by atoms with E-state index in [0.29, 0.717) is 10.8 Å². The molecular formula is C12H13ClO4. The van der Waals surface area contributed by atoms with Crippen molar-refractivity contribution >= 4 is 23.5 Å². The first-order valence-electron chi connectivity index (χ1n) is 5.17. The van der Waals surface area contributed by atoms with Gasteiger partial charge in [0.1, 0.15) is 5.75 Å². The smallest absolute Gasteiger partial charge is 0.311 e. The van der Waals surface area contributed by atoms with Gasteiger partial charge in [0.25, 0.3) is 0 Å². The SMILES string of the molecule is Cc1cc(OC(=O)CCCC(=O)O)ccc1Cl. The van der Waals surface area contributed by atoms with Crippen molar-refractivity contribution in [3.05, 3.63) is 28.8 Å². The molecule has 0 radical (unpaired) electrons. The van der Waals surface area contributed by atoms with E-state index in [9.17, 15) is 9.59 Å². The predicted octanol–water partition coefficient (Wildman–Crippen LogP) is 2.81. The summed E-state index contributed by atoms with van der Waals surface area (Å²) in [6, 6.07) is 4.92. The van der Waals surface area contributed by atoms with Crippen molar-refractivity contribution in [1.29, 1.82) is 0 Å². The van der Waals surface area contributed by atoms with Gasteiger partial charge in [-0.2, -0.15) is 0 Å². The van der Waals surface area contributed by atoms with Crippen LogP contribution in [-0.2, 0) is 9.59 Å². The van der Waals surface area contributed by atoms with E-state index in [1.54, 1.807) is 18.2 Å². The molecule has 5 heteroatoms. The first kappa shape index (κ1) is 13.5. The molecule has 0 atom stereocenters. The third kappa shape index (κ3) is 4.87. The van der Waals surface area contributed by atoms with Gasteiger partial charge in [0.05, 0.1) is 0 Å². The quantitative estimate of drug-likeness (QED) is 0.650. The molecule has 0 fully saturated rings. The van der Waals surface area contributed by atoms with Crippen LogP contribution in [0.5, 0.6) is 5.75 Å². The Morgan fingerprint density at radius 3 is 2.65 bits per heavy atom. The standard InChI is InChI=1S/C12H13ClO4/c1-8-7-9(5-6-10(8)13)17-12(16)4-2-3-11(14)15/h5-7H,2-4H2,1H3,(H,14,15). The lowest BCUT2D eigenvalue weighted by atomic mass is 10.2. The minimum Gasteiger partial charge on any atom is -0.481 e. The molecule has 0 aliphatic heterocycles. The number of hydrogen-bond acceptors (Lipinski definition) is 3. The van der Waals surface area contributed by atoms with Crippen LogP contribution in [0.3, 0.4) is 0 Å². The van der Waals surface area contributed by atoms with Crippen LogP contribution >= 0.6 is 11.6 Å². The van der Waals surface area contributed by atoms with Gasteiger partial charge in [-0.15, -0.1) is 0 Å². The van der Waals surface area contributed by atoms with Gasteiger partial charge in [-0.1, -0.05) is 11.6 Å². The number of esters is 1. The van der Waals surface area contributed by atoms with Gasteiger partial charge < -0.3 is 9.84 Å². The van der Waals surface area contributed by atoms with Crippen LogP contribution in [-0.4, -0.2) is 17.0 Å². The van der Waals surface area contributed by atoms with Crippen molar-refractivity contribution < 1.29 is 19.4 Å². The number of hydrogen-bond donors (Lipinski definition) is 1. The molecule has 1 rings (SSSR count). The molecule has 0 aromatic heterocycles. The summed E-state index contributed by atoms with van der Waals surface area (Å²) in [7, 11) is 0. The zero-order valence-electron chi connectivity index (χ0n) is 9.40. The highest BCUT2D eigenvalue weighted by atomic mass is 35.5. The van der Waals surface area contributed by atoms with Crippen molar-refractivity contribution in [3.63, 3.8) is 0 Å². The van der Waals surface area contributed by atoms with Crippen LogP contribution in [0, 0.1) is 6.92 Å². The zero-order chi connectivity index (χ0) is 12.8.